The molecule has 0 N–H and O–H groups in total. The Hall–Kier alpha value is -1.59. The van der Waals surface area contributed by atoms with Crippen LogP contribution >= 0.6 is 0 Å². The molecule has 1 aromatic rings. The van der Waals surface area contributed by atoms with Crippen LogP contribution in [0.15, 0.2) is 24.3 Å². The predicted molar refractivity (Wildman–Crippen MR) is 107 cm³/mol. The van der Waals surface area contributed by atoms with Crippen LogP contribution in [-0.4, -0.2) is 68.8 Å². The number of carbonyl (C=O) groups excluding carboxylic acids is 1. The van der Waals surface area contributed by atoms with Crippen molar-refractivity contribution in [1.29, 1.82) is 0 Å². The van der Waals surface area contributed by atoms with Gasteiger partial charge in [-0.25, -0.2) is 0 Å². The maximum absolute atomic E-state index is 13.0. The molecule has 1 amide bonds. The van der Waals surface area contributed by atoms with E-state index in [0.29, 0.717) is 31.5 Å². The molecule has 2 aliphatic rings. The van der Waals surface area contributed by atoms with Crippen LogP contribution in [0.5, 0.6) is 5.75 Å². The Morgan fingerprint density at radius 1 is 1.11 bits per heavy atom. The highest BCUT2D eigenvalue weighted by Gasteiger charge is 2.34. The van der Waals surface area contributed by atoms with Crippen molar-refractivity contribution in [2.75, 3.05) is 47.0 Å². The van der Waals surface area contributed by atoms with Gasteiger partial charge in [-0.1, -0.05) is 18.6 Å². The van der Waals surface area contributed by atoms with Crippen LogP contribution < -0.4 is 4.74 Å². The van der Waals surface area contributed by atoms with Gasteiger partial charge < -0.3 is 19.3 Å². The average molecular weight is 375 g/mol. The molecule has 0 aromatic heterocycles. The van der Waals surface area contributed by atoms with Crippen LogP contribution in [0.1, 0.15) is 37.7 Å². The Morgan fingerprint density at radius 2 is 1.89 bits per heavy atom. The number of piperidine rings is 2. The number of methoxy groups -OCH3 is 2. The van der Waals surface area contributed by atoms with Crippen LogP contribution in [0.25, 0.3) is 0 Å². The number of rotatable bonds is 8. The second-order valence-corrected chi connectivity index (χ2v) is 7.86. The Balaban J connectivity index is 1.63. The lowest BCUT2D eigenvalue weighted by Crippen LogP contribution is -2.52. The van der Waals surface area contributed by atoms with Crippen LogP contribution in [0.3, 0.4) is 0 Å². The van der Waals surface area contributed by atoms with E-state index in [9.17, 15) is 4.79 Å². The van der Waals surface area contributed by atoms with E-state index in [2.05, 4.69) is 4.90 Å². The fourth-order valence-corrected chi connectivity index (χ4v) is 4.62. The van der Waals surface area contributed by atoms with E-state index in [1.165, 1.54) is 45.2 Å². The lowest BCUT2D eigenvalue weighted by Gasteiger charge is -2.45. The fraction of sp³-hybridized carbons (Fsp3) is 0.682. The molecule has 150 valence electrons. The normalized spacial score (nSPS) is 22.9. The molecular formula is C22H34N2O3. The highest BCUT2D eigenvalue weighted by atomic mass is 16.5. The van der Waals surface area contributed by atoms with Gasteiger partial charge in [0, 0.05) is 26.2 Å². The molecule has 0 spiro atoms. The Morgan fingerprint density at radius 3 is 2.63 bits per heavy atom. The van der Waals surface area contributed by atoms with Gasteiger partial charge in [-0.05, 0) is 62.4 Å². The Bertz CT molecular complexity index is 588. The molecule has 5 nitrogen and oxygen atoms in total. The van der Waals surface area contributed by atoms with Crippen molar-refractivity contribution in [2.24, 2.45) is 5.92 Å². The van der Waals surface area contributed by atoms with Crippen molar-refractivity contribution in [3.8, 4) is 5.75 Å². The van der Waals surface area contributed by atoms with Crippen molar-refractivity contribution >= 4 is 5.91 Å². The Kier molecular flexibility index (Phi) is 7.53. The number of nitrogens with zero attached hydrogens (tertiary/aromatic N) is 2. The quantitative estimate of drug-likeness (QED) is 0.702. The fourth-order valence-electron chi connectivity index (χ4n) is 4.62. The first-order valence-corrected chi connectivity index (χ1v) is 10.3. The molecule has 27 heavy (non-hydrogen) atoms. The molecular weight excluding hydrogens is 340 g/mol. The molecule has 0 radical (unpaired) electrons. The SMILES string of the molecule is COCCN(CC1CCCN2CCCCC12)C(=O)Cc1ccc(OC)cc1. The summed E-state index contributed by atoms with van der Waals surface area (Å²) in [6.45, 7) is 4.60. The zero-order chi connectivity index (χ0) is 19.1. The van der Waals surface area contributed by atoms with Gasteiger partial charge in [-0.15, -0.1) is 0 Å². The van der Waals surface area contributed by atoms with E-state index in [1.807, 2.05) is 29.2 Å². The predicted octanol–water partition coefficient (Wildman–Crippen LogP) is 2.98. The topological polar surface area (TPSA) is 42.0 Å². The van der Waals surface area contributed by atoms with Gasteiger partial charge in [0.05, 0.1) is 20.1 Å². The minimum absolute atomic E-state index is 0.199. The van der Waals surface area contributed by atoms with Gasteiger partial charge in [0.25, 0.3) is 0 Å². The second kappa shape index (κ2) is 10.1. The second-order valence-electron chi connectivity index (χ2n) is 7.86. The zero-order valence-electron chi connectivity index (χ0n) is 16.9. The van der Waals surface area contributed by atoms with Crippen molar-refractivity contribution in [3.05, 3.63) is 29.8 Å². The van der Waals surface area contributed by atoms with E-state index < -0.39 is 0 Å². The molecule has 3 rings (SSSR count). The van der Waals surface area contributed by atoms with E-state index >= 15 is 0 Å². The molecule has 2 atom stereocenters. The van der Waals surface area contributed by atoms with Crippen molar-refractivity contribution in [1.82, 2.24) is 9.80 Å². The number of ether oxygens (including phenoxy) is 2. The van der Waals surface area contributed by atoms with Gasteiger partial charge in [-0.2, -0.15) is 0 Å². The number of hydrogen-bond donors (Lipinski definition) is 0. The number of carbonyl (C=O) groups is 1. The summed E-state index contributed by atoms with van der Waals surface area (Å²) in [7, 11) is 3.36. The van der Waals surface area contributed by atoms with Crippen LogP contribution in [0.4, 0.5) is 0 Å². The first kappa shape index (κ1) is 20.2. The molecule has 0 aliphatic carbocycles. The highest BCUT2D eigenvalue weighted by molar-refractivity contribution is 5.78. The minimum Gasteiger partial charge on any atom is -0.497 e. The summed E-state index contributed by atoms with van der Waals surface area (Å²) < 4.78 is 10.5. The molecule has 2 unspecified atom stereocenters. The average Bonchev–Trinajstić information content (AvgIpc) is 2.71. The molecule has 2 heterocycles. The summed E-state index contributed by atoms with van der Waals surface area (Å²) in [5.41, 5.74) is 1.03. The van der Waals surface area contributed by atoms with Crippen LogP contribution in [0.2, 0.25) is 0 Å². The smallest absolute Gasteiger partial charge is 0.227 e. The summed E-state index contributed by atoms with van der Waals surface area (Å²) in [6.07, 6.45) is 6.87. The Labute approximate surface area is 163 Å². The van der Waals surface area contributed by atoms with Gasteiger partial charge in [0.15, 0.2) is 0 Å². The number of fused-ring (bicyclic) bond motifs is 1. The molecule has 0 saturated carbocycles. The molecule has 5 heteroatoms. The van der Waals surface area contributed by atoms with Gasteiger partial charge in [0.1, 0.15) is 5.75 Å². The van der Waals surface area contributed by atoms with Gasteiger partial charge in [-0.3, -0.25) is 4.79 Å². The maximum atomic E-state index is 13.0. The third-order valence-electron chi connectivity index (χ3n) is 6.12. The van der Waals surface area contributed by atoms with Crippen LogP contribution in [0, 0.1) is 5.92 Å². The highest BCUT2D eigenvalue weighted by Crippen LogP contribution is 2.31. The van der Waals surface area contributed by atoms with Gasteiger partial charge >= 0.3 is 0 Å². The molecule has 0 bridgehead atoms. The van der Waals surface area contributed by atoms with Crippen molar-refractivity contribution in [2.45, 2.75) is 44.6 Å². The lowest BCUT2D eigenvalue weighted by atomic mass is 9.83. The number of benzene rings is 1. The standard InChI is InChI=1S/C22H34N2O3/c1-26-15-14-24(22(25)16-18-8-10-20(27-2)11-9-18)17-19-6-5-13-23-12-4-3-7-21(19)23/h8-11,19,21H,3-7,12-17H2,1-2H3. The maximum Gasteiger partial charge on any atom is 0.227 e. The monoisotopic (exact) mass is 374 g/mol. The number of hydrogen-bond acceptors (Lipinski definition) is 4. The molecule has 2 aliphatic heterocycles. The minimum atomic E-state index is 0.199. The summed E-state index contributed by atoms with van der Waals surface area (Å²) in [6, 6.07) is 8.46. The first-order chi connectivity index (χ1) is 13.2. The summed E-state index contributed by atoms with van der Waals surface area (Å²) in [5, 5.41) is 0. The third kappa shape index (κ3) is 5.45. The summed E-state index contributed by atoms with van der Waals surface area (Å²) in [5.74, 6) is 1.61. The van der Waals surface area contributed by atoms with Crippen molar-refractivity contribution < 1.29 is 14.3 Å². The lowest BCUT2D eigenvalue weighted by molar-refractivity contribution is -0.132. The first-order valence-electron chi connectivity index (χ1n) is 10.3. The van der Waals surface area contributed by atoms with E-state index in [1.54, 1.807) is 14.2 Å². The molecule has 1 aromatic carbocycles. The summed E-state index contributed by atoms with van der Waals surface area (Å²) >= 11 is 0. The molecule has 2 saturated heterocycles. The number of amides is 1. The van der Waals surface area contributed by atoms with E-state index in [0.717, 1.165) is 17.9 Å². The van der Waals surface area contributed by atoms with Crippen LogP contribution in [-0.2, 0) is 16.0 Å². The zero-order valence-corrected chi connectivity index (χ0v) is 16.9. The third-order valence-corrected chi connectivity index (χ3v) is 6.12. The van der Waals surface area contributed by atoms with E-state index in [-0.39, 0.29) is 5.91 Å². The van der Waals surface area contributed by atoms with Crippen molar-refractivity contribution in [3.63, 3.8) is 0 Å². The summed E-state index contributed by atoms with van der Waals surface area (Å²) in [4.78, 5) is 17.7. The van der Waals surface area contributed by atoms with Gasteiger partial charge in [0.2, 0.25) is 5.91 Å². The molecule has 2 fully saturated rings. The largest absolute Gasteiger partial charge is 0.497 e. The van der Waals surface area contributed by atoms with E-state index in [4.69, 9.17) is 9.47 Å².